The van der Waals surface area contributed by atoms with Crippen molar-refractivity contribution >= 4 is 27.5 Å². The third-order valence-electron chi connectivity index (χ3n) is 3.09. The molecule has 1 unspecified atom stereocenters. The normalized spacial score (nSPS) is 12.8. The smallest absolute Gasteiger partial charge is 0.406 e. The molecule has 0 fully saturated rings. The minimum absolute atomic E-state index is 0.340. The van der Waals surface area contributed by atoms with Gasteiger partial charge in [0.1, 0.15) is 11.8 Å². The van der Waals surface area contributed by atoms with Crippen LogP contribution in [0.3, 0.4) is 0 Å². The Morgan fingerprint density at radius 3 is 2.43 bits per heavy atom. The number of ether oxygens (including phenoxy) is 1. The number of rotatable bonds is 4. The monoisotopic (exact) mass is 391 g/mol. The zero-order valence-corrected chi connectivity index (χ0v) is 13.8. The highest BCUT2D eigenvalue weighted by Crippen LogP contribution is 2.24. The Hall–Kier alpha value is -2.03. The number of alkyl halides is 3. The van der Waals surface area contributed by atoms with E-state index in [4.69, 9.17) is 0 Å². The van der Waals surface area contributed by atoms with Crippen molar-refractivity contribution in [3.05, 3.63) is 40.6 Å². The predicted molar refractivity (Wildman–Crippen MR) is 81.1 cm³/mol. The van der Waals surface area contributed by atoms with E-state index < -0.39 is 12.4 Å². The lowest BCUT2D eigenvalue weighted by atomic mass is 10.2. The molecule has 0 aliphatic carbocycles. The number of nitrogens with one attached hydrogen (secondary N) is 1. The molecule has 0 saturated carbocycles. The second kappa shape index (κ2) is 6.61. The Balaban J connectivity index is 2.04. The van der Waals surface area contributed by atoms with Gasteiger partial charge in [0.15, 0.2) is 0 Å². The van der Waals surface area contributed by atoms with Crippen LogP contribution >= 0.6 is 15.9 Å². The maximum Gasteiger partial charge on any atom is 0.573 e. The number of aromatic nitrogens is 2. The number of carbonyl (C=O) groups excluding carboxylic acids is 1. The van der Waals surface area contributed by atoms with Crippen molar-refractivity contribution in [2.24, 2.45) is 0 Å². The Morgan fingerprint density at radius 2 is 1.96 bits per heavy atom. The molecule has 2 aromatic rings. The topological polar surface area (TPSA) is 56.2 Å². The Morgan fingerprint density at radius 1 is 1.35 bits per heavy atom. The van der Waals surface area contributed by atoms with Crippen LogP contribution in [0.25, 0.3) is 0 Å². The van der Waals surface area contributed by atoms with Gasteiger partial charge in [-0.2, -0.15) is 5.10 Å². The van der Waals surface area contributed by atoms with Crippen molar-refractivity contribution in [2.45, 2.75) is 26.3 Å². The summed E-state index contributed by atoms with van der Waals surface area (Å²) in [6.07, 6.45) is -3.16. The molecule has 1 amide bonds. The highest BCUT2D eigenvalue weighted by atomic mass is 79.9. The van der Waals surface area contributed by atoms with E-state index in [1.807, 2.05) is 6.92 Å². The summed E-state index contributed by atoms with van der Waals surface area (Å²) in [6, 6.07) is 4.34. The van der Waals surface area contributed by atoms with Crippen LogP contribution in [0.2, 0.25) is 0 Å². The molecule has 9 heteroatoms. The summed E-state index contributed by atoms with van der Waals surface area (Å²) in [6.45, 7) is 3.48. The molecule has 0 aliphatic heterocycles. The molecule has 1 aromatic heterocycles. The first-order valence-electron chi connectivity index (χ1n) is 6.53. The number of benzene rings is 1. The number of carbonyl (C=O) groups is 1. The quantitative estimate of drug-likeness (QED) is 0.854. The van der Waals surface area contributed by atoms with E-state index in [1.54, 1.807) is 17.8 Å². The van der Waals surface area contributed by atoms with Gasteiger partial charge in [-0.1, -0.05) is 0 Å². The average molecular weight is 392 g/mol. The lowest BCUT2D eigenvalue weighted by Gasteiger charge is -2.15. The lowest BCUT2D eigenvalue weighted by Crippen LogP contribution is -2.25. The van der Waals surface area contributed by atoms with E-state index in [9.17, 15) is 18.0 Å². The van der Waals surface area contributed by atoms with Crippen molar-refractivity contribution in [1.29, 1.82) is 0 Å². The molecule has 1 atom stereocenters. The highest BCUT2D eigenvalue weighted by molar-refractivity contribution is 9.10. The molecule has 5 nitrogen and oxygen atoms in total. The van der Waals surface area contributed by atoms with Gasteiger partial charge in [-0.05, 0) is 54.0 Å². The van der Waals surface area contributed by atoms with Crippen molar-refractivity contribution < 1.29 is 22.7 Å². The standard InChI is InChI=1S/C14H13BrF3N3O2/c1-8-12(15)7-19-21(8)9(2)13(22)20-10-3-5-11(6-4-10)23-14(16,17)18/h3-7,9H,1-2H3,(H,20,22). The molecule has 2 rings (SSSR count). The fourth-order valence-corrected chi connectivity index (χ4v) is 2.16. The van der Waals surface area contributed by atoms with Crippen LogP contribution in [0, 0.1) is 6.92 Å². The van der Waals surface area contributed by atoms with Crippen LogP contribution in [-0.2, 0) is 4.79 Å². The van der Waals surface area contributed by atoms with E-state index in [2.05, 4.69) is 31.1 Å². The maximum atomic E-state index is 12.2. The van der Waals surface area contributed by atoms with E-state index in [0.29, 0.717) is 5.69 Å². The van der Waals surface area contributed by atoms with Gasteiger partial charge in [-0.3, -0.25) is 9.48 Å². The Bertz CT molecular complexity index is 698. The Labute approximate surface area is 138 Å². The van der Waals surface area contributed by atoms with Gasteiger partial charge in [0.25, 0.3) is 0 Å². The molecule has 1 N–H and O–H groups in total. The minimum atomic E-state index is -4.75. The van der Waals surface area contributed by atoms with Gasteiger partial charge in [-0.15, -0.1) is 13.2 Å². The summed E-state index contributed by atoms with van der Waals surface area (Å²) in [4.78, 5) is 12.2. The molecule has 0 spiro atoms. The number of anilines is 1. The zero-order chi connectivity index (χ0) is 17.2. The third-order valence-corrected chi connectivity index (χ3v) is 3.87. The summed E-state index contributed by atoms with van der Waals surface area (Å²) in [7, 11) is 0. The van der Waals surface area contributed by atoms with Crippen LogP contribution < -0.4 is 10.1 Å². The third kappa shape index (κ3) is 4.47. The SMILES string of the molecule is Cc1c(Br)cnn1C(C)C(=O)Nc1ccc(OC(F)(F)F)cc1. The molecular formula is C14H13BrF3N3O2. The van der Waals surface area contributed by atoms with E-state index in [0.717, 1.165) is 22.3 Å². The number of halogens is 4. The Kier molecular flexibility index (Phi) is 4.98. The van der Waals surface area contributed by atoms with Gasteiger partial charge in [0.05, 0.1) is 16.4 Å². The van der Waals surface area contributed by atoms with Crippen molar-refractivity contribution in [2.75, 3.05) is 5.32 Å². The van der Waals surface area contributed by atoms with Crippen LogP contribution in [0.4, 0.5) is 18.9 Å². The molecule has 23 heavy (non-hydrogen) atoms. The molecule has 0 radical (unpaired) electrons. The first kappa shape index (κ1) is 17.3. The summed E-state index contributed by atoms with van der Waals surface area (Å²) >= 11 is 3.31. The molecular weight excluding hydrogens is 379 g/mol. The van der Waals surface area contributed by atoms with Gasteiger partial charge in [0, 0.05) is 5.69 Å². The lowest BCUT2D eigenvalue weighted by molar-refractivity contribution is -0.274. The van der Waals surface area contributed by atoms with Gasteiger partial charge in [-0.25, -0.2) is 0 Å². The largest absolute Gasteiger partial charge is 0.573 e. The maximum absolute atomic E-state index is 12.2. The van der Waals surface area contributed by atoms with E-state index in [-0.39, 0.29) is 11.7 Å². The molecule has 0 saturated heterocycles. The summed E-state index contributed by atoms with van der Waals surface area (Å²) < 4.78 is 42.3. The van der Waals surface area contributed by atoms with Crippen molar-refractivity contribution in [3.8, 4) is 5.75 Å². The van der Waals surface area contributed by atoms with Gasteiger partial charge >= 0.3 is 6.36 Å². The first-order valence-corrected chi connectivity index (χ1v) is 7.33. The summed E-state index contributed by atoms with van der Waals surface area (Å²) in [5.41, 5.74) is 1.15. The van der Waals surface area contributed by atoms with E-state index in [1.165, 1.54) is 12.1 Å². The average Bonchev–Trinajstić information content (AvgIpc) is 2.79. The zero-order valence-electron chi connectivity index (χ0n) is 12.2. The van der Waals surface area contributed by atoms with Crippen LogP contribution in [-0.4, -0.2) is 22.1 Å². The molecule has 1 heterocycles. The number of nitrogens with zero attached hydrogens (tertiary/aromatic N) is 2. The summed E-state index contributed by atoms with van der Waals surface area (Å²) in [5.74, 6) is -0.691. The predicted octanol–water partition coefficient (Wildman–Crippen LogP) is 4.05. The summed E-state index contributed by atoms with van der Waals surface area (Å²) in [5, 5.41) is 6.71. The second-order valence-electron chi connectivity index (χ2n) is 4.76. The molecule has 0 aliphatic rings. The fraction of sp³-hybridized carbons (Fsp3) is 0.286. The van der Waals surface area contributed by atoms with E-state index >= 15 is 0 Å². The van der Waals surface area contributed by atoms with Gasteiger partial charge in [0.2, 0.25) is 5.91 Å². The first-order chi connectivity index (χ1) is 10.7. The number of hydrogen-bond acceptors (Lipinski definition) is 3. The molecule has 1 aromatic carbocycles. The fourth-order valence-electron chi connectivity index (χ4n) is 1.89. The number of amides is 1. The van der Waals surface area contributed by atoms with Crippen molar-refractivity contribution in [1.82, 2.24) is 9.78 Å². The molecule has 0 bridgehead atoms. The molecule has 124 valence electrons. The van der Waals surface area contributed by atoms with Gasteiger partial charge < -0.3 is 10.1 Å². The van der Waals surface area contributed by atoms with Crippen LogP contribution in [0.5, 0.6) is 5.75 Å². The van der Waals surface area contributed by atoms with Crippen molar-refractivity contribution in [3.63, 3.8) is 0 Å². The highest BCUT2D eigenvalue weighted by Gasteiger charge is 2.31. The number of hydrogen-bond donors (Lipinski definition) is 1. The van der Waals surface area contributed by atoms with Crippen LogP contribution in [0.15, 0.2) is 34.9 Å². The van der Waals surface area contributed by atoms with Crippen LogP contribution in [0.1, 0.15) is 18.7 Å². The minimum Gasteiger partial charge on any atom is -0.406 e. The second-order valence-corrected chi connectivity index (χ2v) is 5.61.